The summed E-state index contributed by atoms with van der Waals surface area (Å²) in [6.45, 7) is 0.332. The second-order valence-electron chi connectivity index (χ2n) is 5.90. The van der Waals surface area contributed by atoms with Crippen molar-refractivity contribution < 1.29 is 24.5 Å². The van der Waals surface area contributed by atoms with Crippen LogP contribution in [0, 0.1) is 0 Å². The SMILES string of the molecule is Nc1[nH]c(=O)c(C(=O)O)c(-c2ccc(OCc3ccccc3)cc2)c1C(=O)O. The predicted molar refractivity (Wildman–Crippen MR) is 102 cm³/mol. The quantitative estimate of drug-likeness (QED) is 0.515. The van der Waals surface area contributed by atoms with Crippen LogP contribution in [0.1, 0.15) is 26.3 Å². The van der Waals surface area contributed by atoms with Gasteiger partial charge >= 0.3 is 11.9 Å². The number of aromatic carboxylic acids is 2. The lowest BCUT2D eigenvalue weighted by Crippen LogP contribution is -2.24. The lowest BCUT2D eigenvalue weighted by Gasteiger charge is -2.13. The maximum absolute atomic E-state index is 12.0. The van der Waals surface area contributed by atoms with E-state index in [1.165, 1.54) is 12.1 Å². The number of aromatic amines is 1. The van der Waals surface area contributed by atoms with E-state index in [4.69, 9.17) is 10.5 Å². The van der Waals surface area contributed by atoms with E-state index in [1.807, 2.05) is 30.3 Å². The minimum Gasteiger partial charge on any atom is -0.489 e. The van der Waals surface area contributed by atoms with E-state index >= 15 is 0 Å². The Morgan fingerprint density at radius 1 is 0.929 bits per heavy atom. The monoisotopic (exact) mass is 380 g/mol. The summed E-state index contributed by atoms with van der Waals surface area (Å²) in [6.07, 6.45) is 0. The lowest BCUT2D eigenvalue weighted by atomic mass is 9.95. The topological polar surface area (TPSA) is 143 Å². The number of hydrogen-bond donors (Lipinski definition) is 4. The molecule has 0 amide bonds. The summed E-state index contributed by atoms with van der Waals surface area (Å²) < 4.78 is 5.66. The molecule has 8 heteroatoms. The highest BCUT2D eigenvalue weighted by atomic mass is 16.5. The average molecular weight is 380 g/mol. The fourth-order valence-electron chi connectivity index (χ4n) is 2.79. The molecule has 5 N–H and O–H groups in total. The number of benzene rings is 2. The number of carboxylic acid groups (broad SMARTS) is 2. The first kappa shape index (κ1) is 18.7. The Bertz CT molecular complexity index is 1090. The van der Waals surface area contributed by atoms with Crippen molar-refractivity contribution in [3.05, 3.63) is 81.6 Å². The molecule has 0 aliphatic carbocycles. The molecule has 0 aliphatic heterocycles. The van der Waals surface area contributed by atoms with Crippen LogP contribution in [0.2, 0.25) is 0 Å². The van der Waals surface area contributed by atoms with Crippen molar-refractivity contribution in [2.24, 2.45) is 0 Å². The zero-order chi connectivity index (χ0) is 20.3. The summed E-state index contributed by atoms with van der Waals surface area (Å²) in [5.74, 6) is -2.92. The van der Waals surface area contributed by atoms with Gasteiger partial charge in [0.1, 0.15) is 29.3 Å². The number of nitrogen functional groups attached to an aromatic ring is 1. The number of anilines is 1. The second kappa shape index (κ2) is 7.67. The molecule has 0 fully saturated rings. The first-order chi connectivity index (χ1) is 13.4. The highest BCUT2D eigenvalue weighted by molar-refractivity contribution is 6.07. The van der Waals surface area contributed by atoms with E-state index in [0.717, 1.165) is 5.56 Å². The molecule has 28 heavy (non-hydrogen) atoms. The molecule has 3 aromatic rings. The number of carbonyl (C=O) groups is 2. The third-order valence-electron chi connectivity index (χ3n) is 4.06. The molecule has 0 unspecified atom stereocenters. The van der Waals surface area contributed by atoms with Gasteiger partial charge in [-0.25, -0.2) is 9.59 Å². The van der Waals surface area contributed by atoms with E-state index in [1.54, 1.807) is 12.1 Å². The van der Waals surface area contributed by atoms with Gasteiger partial charge in [0.2, 0.25) is 0 Å². The van der Waals surface area contributed by atoms with Crippen molar-refractivity contribution >= 4 is 17.8 Å². The Balaban J connectivity index is 2.00. The van der Waals surface area contributed by atoms with Crippen molar-refractivity contribution in [1.29, 1.82) is 0 Å². The lowest BCUT2D eigenvalue weighted by molar-refractivity contribution is 0.0695. The molecule has 0 spiro atoms. The highest BCUT2D eigenvalue weighted by Gasteiger charge is 2.26. The molecule has 0 bridgehead atoms. The van der Waals surface area contributed by atoms with Crippen molar-refractivity contribution in [2.45, 2.75) is 6.61 Å². The Kier molecular flexibility index (Phi) is 5.12. The van der Waals surface area contributed by atoms with Crippen molar-refractivity contribution in [1.82, 2.24) is 4.98 Å². The number of carboxylic acids is 2. The zero-order valence-corrected chi connectivity index (χ0v) is 14.5. The van der Waals surface area contributed by atoms with Crippen LogP contribution in [-0.4, -0.2) is 27.1 Å². The van der Waals surface area contributed by atoms with E-state index in [-0.39, 0.29) is 11.1 Å². The van der Waals surface area contributed by atoms with E-state index in [2.05, 4.69) is 4.98 Å². The first-order valence-corrected chi connectivity index (χ1v) is 8.18. The number of hydrogen-bond acceptors (Lipinski definition) is 5. The van der Waals surface area contributed by atoms with Gasteiger partial charge in [0.25, 0.3) is 5.56 Å². The average Bonchev–Trinajstić information content (AvgIpc) is 2.66. The molecular formula is C20H16N2O6. The number of rotatable bonds is 6. The molecule has 1 aromatic heterocycles. The molecule has 0 saturated heterocycles. The van der Waals surface area contributed by atoms with Gasteiger partial charge in [0.15, 0.2) is 0 Å². The van der Waals surface area contributed by atoms with Gasteiger partial charge in [0, 0.05) is 5.56 Å². The standard InChI is InChI=1S/C20H16N2O6/c21-17-15(19(24)25)14(16(20(26)27)18(23)22-17)12-6-8-13(9-7-12)28-10-11-4-2-1-3-5-11/h1-9H,10H2,(H,24,25)(H,26,27)(H3,21,22,23). The van der Waals surface area contributed by atoms with Gasteiger partial charge in [-0.05, 0) is 23.3 Å². The Labute approximate surface area is 158 Å². The van der Waals surface area contributed by atoms with Crippen molar-refractivity contribution in [3.63, 3.8) is 0 Å². The van der Waals surface area contributed by atoms with Gasteiger partial charge in [-0.3, -0.25) is 4.79 Å². The van der Waals surface area contributed by atoms with Crippen LogP contribution in [0.25, 0.3) is 11.1 Å². The molecule has 0 atom stereocenters. The van der Waals surface area contributed by atoms with Crippen LogP contribution in [0.4, 0.5) is 5.82 Å². The maximum Gasteiger partial charge on any atom is 0.342 e. The number of nitrogens with one attached hydrogen (secondary N) is 1. The third-order valence-corrected chi connectivity index (χ3v) is 4.06. The molecule has 0 saturated carbocycles. The van der Waals surface area contributed by atoms with Crippen LogP contribution >= 0.6 is 0 Å². The number of aromatic nitrogens is 1. The summed E-state index contributed by atoms with van der Waals surface area (Å²) in [7, 11) is 0. The van der Waals surface area contributed by atoms with E-state index in [0.29, 0.717) is 12.4 Å². The summed E-state index contributed by atoms with van der Waals surface area (Å²) in [5.41, 5.74) is 4.41. The van der Waals surface area contributed by atoms with E-state index < -0.39 is 34.4 Å². The van der Waals surface area contributed by atoms with Crippen molar-refractivity contribution in [3.8, 4) is 16.9 Å². The van der Waals surface area contributed by atoms with Gasteiger partial charge in [0.05, 0.1) is 0 Å². The van der Waals surface area contributed by atoms with Gasteiger partial charge in [-0.2, -0.15) is 0 Å². The summed E-state index contributed by atoms with van der Waals surface area (Å²) in [6, 6.07) is 15.6. The van der Waals surface area contributed by atoms with Crippen LogP contribution in [-0.2, 0) is 6.61 Å². The van der Waals surface area contributed by atoms with Crippen LogP contribution < -0.4 is 16.0 Å². The molecule has 1 heterocycles. The van der Waals surface area contributed by atoms with Gasteiger partial charge in [-0.15, -0.1) is 0 Å². The highest BCUT2D eigenvalue weighted by Crippen LogP contribution is 2.30. The zero-order valence-electron chi connectivity index (χ0n) is 14.5. The van der Waals surface area contributed by atoms with Crippen molar-refractivity contribution in [2.75, 3.05) is 5.73 Å². The Morgan fingerprint density at radius 3 is 2.11 bits per heavy atom. The molecule has 3 rings (SSSR count). The minimum atomic E-state index is -1.55. The fourth-order valence-corrected chi connectivity index (χ4v) is 2.79. The van der Waals surface area contributed by atoms with E-state index in [9.17, 15) is 24.6 Å². The van der Waals surface area contributed by atoms with Gasteiger partial charge in [-0.1, -0.05) is 42.5 Å². The second-order valence-corrected chi connectivity index (χ2v) is 5.90. The molecular weight excluding hydrogens is 364 g/mol. The normalized spacial score (nSPS) is 10.4. The predicted octanol–water partition coefficient (Wildman–Crippen LogP) is 2.60. The largest absolute Gasteiger partial charge is 0.489 e. The molecule has 0 radical (unpaired) electrons. The summed E-state index contributed by atoms with van der Waals surface area (Å²) in [5, 5.41) is 18.8. The first-order valence-electron chi connectivity index (χ1n) is 8.18. The van der Waals surface area contributed by atoms with Gasteiger partial charge < -0.3 is 25.7 Å². The third kappa shape index (κ3) is 3.70. The number of H-pyrrole nitrogens is 1. The number of ether oxygens (including phenoxy) is 1. The smallest absolute Gasteiger partial charge is 0.342 e. The Hall–Kier alpha value is -4.07. The Morgan fingerprint density at radius 2 is 1.54 bits per heavy atom. The number of pyridine rings is 1. The fraction of sp³-hybridized carbons (Fsp3) is 0.0500. The molecule has 2 aromatic carbocycles. The summed E-state index contributed by atoms with van der Waals surface area (Å²) >= 11 is 0. The molecule has 8 nitrogen and oxygen atoms in total. The molecule has 142 valence electrons. The van der Waals surface area contributed by atoms with Crippen LogP contribution in [0.5, 0.6) is 5.75 Å². The minimum absolute atomic E-state index is 0.222. The number of nitrogens with two attached hydrogens (primary N) is 1. The van der Waals surface area contributed by atoms with Crippen LogP contribution in [0.3, 0.4) is 0 Å². The summed E-state index contributed by atoms with van der Waals surface area (Å²) in [4.78, 5) is 37.3. The molecule has 0 aliphatic rings. The van der Waals surface area contributed by atoms with Crippen LogP contribution in [0.15, 0.2) is 59.4 Å². The maximum atomic E-state index is 12.0.